The van der Waals surface area contributed by atoms with Crippen molar-refractivity contribution in [1.82, 2.24) is 10.9 Å². The first-order valence-electron chi connectivity index (χ1n) is 2.14. The van der Waals surface area contributed by atoms with Crippen LogP contribution in [0.4, 0.5) is 13.2 Å². The maximum absolute atomic E-state index is 11.9. The molecule has 0 bridgehead atoms. The third-order valence-corrected chi connectivity index (χ3v) is 0.783. The number of allylic oxidation sites excluding steroid dienone is 2. The highest BCUT2D eigenvalue weighted by Gasteiger charge is 2.14. The van der Waals surface area contributed by atoms with Crippen LogP contribution < -0.4 is 10.9 Å². The molecule has 0 unspecified atom stereocenters. The predicted octanol–water partition coefficient (Wildman–Crippen LogP) is 1.01. The largest absolute Gasteiger partial charge is 0.303 e. The molecule has 0 amide bonds. The molecule has 0 aromatic heterocycles. The fourth-order valence-corrected chi connectivity index (χ4v) is 0.386. The average molecular weight is 136 g/mol. The molecule has 0 aromatic carbocycles. The third kappa shape index (κ3) is 0.984. The van der Waals surface area contributed by atoms with Crippen molar-refractivity contribution in [2.24, 2.45) is 0 Å². The number of halogens is 3. The zero-order valence-corrected chi connectivity index (χ0v) is 4.21. The van der Waals surface area contributed by atoms with Gasteiger partial charge in [0.05, 0.1) is 6.20 Å². The van der Waals surface area contributed by atoms with E-state index in [0.717, 1.165) is 0 Å². The summed E-state index contributed by atoms with van der Waals surface area (Å²) in [4.78, 5) is 0. The molecule has 0 aliphatic carbocycles. The number of nitrogens with one attached hydrogen (secondary N) is 2. The molecule has 0 saturated heterocycles. The molecule has 0 spiro atoms. The van der Waals surface area contributed by atoms with Crippen LogP contribution in [-0.4, -0.2) is 0 Å². The van der Waals surface area contributed by atoms with Gasteiger partial charge in [0.2, 0.25) is 11.8 Å². The molecule has 1 heterocycles. The van der Waals surface area contributed by atoms with E-state index in [-0.39, 0.29) is 0 Å². The first-order chi connectivity index (χ1) is 4.22. The highest BCUT2D eigenvalue weighted by Crippen LogP contribution is 2.17. The zero-order chi connectivity index (χ0) is 6.85. The molecule has 0 fully saturated rings. The van der Waals surface area contributed by atoms with Gasteiger partial charge in [-0.2, -0.15) is 8.78 Å². The fourth-order valence-electron chi connectivity index (χ4n) is 0.386. The summed E-state index contributed by atoms with van der Waals surface area (Å²) >= 11 is 0. The second kappa shape index (κ2) is 2.00. The lowest BCUT2D eigenvalue weighted by Crippen LogP contribution is -2.28. The molecular weight excluding hydrogens is 133 g/mol. The van der Waals surface area contributed by atoms with Gasteiger partial charge in [-0.1, -0.05) is 0 Å². The van der Waals surface area contributed by atoms with Crippen molar-refractivity contribution in [2.75, 3.05) is 0 Å². The van der Waals surface area contributed by atoms with Crippen LogP contribution in [0.2, 0.25) is 0 Å². The standard InChI is InChI=1S/C4H3F3N2/c5-2-1-8-9-4(7)3(2)6/h1,8-9H. The Kier molecular flexibility index (Phi) is 1.33. The Morgan fingerprint density at radius 2 is 1.89 bits per heavy atom. The monoisotopic (exact) mass is 136 g/mol. The molecular formula is C4H3F3N2. The Hall–Kier alpha value is -1.13. The smallest absolute Gasteiger partial charge is 0.244 e. The molecule has 1 rings (SSSR count). The quantitative estimate of drug-likeness (QED) is 0.485. The van der Waals surface area contributed by atoms with E-state index in [9.17, 15) is 13.2 Å². The summed E-state index contributed by atoms with van der Waals surface area (Å²) in [7, 11) is 0. The van der Waals surface area contributed by atoms with Gasteiger partial charge in [-0.05, 0) is 0 Å². The van der Waals surface area contributed by atoms with Gasteiger partial charge in [-0.25, -0.2) is 4.39 Å². The van der Waals surface area contributed by atoms with E-state index in [2.05, 4.69) is 0 Å². The Morgan fingerprint density at radius 3 is 2.33 bits per heavy atom. The highest BCUT2D eigenvalue weighted by atomic mass is 19.2. The Bertz CT molecular complexity index is 184. The highest BCUT2D eigenvalue weighted by molar-refractivity contribution is 5.22. The van der Waals surface area contributed by atoms with E-state index in [1.54, 1.807) is 5.43 Å². The van der Waals surface area contributed by atoms with Gasteiger partial charge in [-0.15, -0.1) is 0 Å². The molecule has 1 aliphatic rings. The summed E-state index contributed by atoms with van der Waals surface area (Å²) in [5.41, 5.74) is 3.69. The Morgan fingerprint density at radius 1 is 1.22 bits per heavy atom. The van der Waals surface area contributed by atoms with E-state index < -0.39 is 17.6 Å². The van der Waals surface area contributed by atoms with Gasteiger partial charge >= 0.3 is 0 Å². The van der Waals surface area contributed by atoms with Crippen molar-refractivity contribution in [3.63, 3.8) is 0 Å². The minimum atomic E-state index is -1.51. The zero-order valence-electron chi connectivity index (χ0n) is 4.21. The molecule has 0 atom stereocenters. The SMILES string of the molecule is FC1=CNNC(F)=C1F. The lowest BCUT2D eigenvalue weighted by atomic mass is 10.4. The van der Waals surface area contributed by atoms with E-state index in [4.69, 9.17) is 0 Å². The number of rotatable bonds is 0. The lowest BCUT2D eigenvalue weighted by Gasteiger charge is -2.08. The minimum absolute atomic E-state index is 0.679. The van der Waals surface area contributed by atoms with Crippen LogP contribution in [-0.2, 0) is 0 Å². The molecule has 0 saturated carbocycles. The second-order valence-electron chi connectivity index (χ2n) is 1.39. The molecule has 0 aromatic rings. The van der Waals surface area contributed by atoms with E-state index in [0.29, 0.717) is 6.20 Å². The van der Waals surface area contributed by atoms with Gasteiger partial charge in [0.1, 0.15) is 0 Å². The van der Waals surface area contributed by atoms with Crippen molar-refractivity contribution in [3.8, 4) is 0 Å². The average Bonchev–Trinajstić information content (AvgIpc) is 1.83. The van der Waals surface area contributed by atoms with Gasteiger partial charge in [0, 0.05) is 0 Å². The van der Waals surface area contributed by atoms with Gasteiger partial charge in [-0.3, -0.25) is 5.43 Å². The Labute approximate surface area is 49.0 Å². The van der Waals surface area contributed by atoms with Crippen LogP contribution in [0, 0.1) is 0 Å². The summed E-state index contributed by atoms with van der Waals surface area (Å²) in [5.74, 6) is -4.09. The van der Waals surface area contributed by atoms with Crippen LogP contribution in [0.25, 0.3) is 0 Å². The second-order valence-corrected chi connectivity index (χ2v) is 1.39. The topological polar surface area (TPSA) is 24.1 Å². The lowest BCUT2D eigenvalue weighted by molar-refractivity contribution is 0.417. The first-order valence-corrected chi connectivity index (χ1v) is 2.14. The molecule has 5 heteroatoms. The summed E-state index contributed by atoms with van der Waals surface area (Å²) in [6.07, 6.45) is 0.679. The van der Waals surface area contributed by atoms with Gasteiger partial charge < -0.3 is 5.43 Å². The third-order valence-electron chi connectivity index (χ3n) is 0.783. The van der Waals surface area contributed by atoms with Crippen molar-refractivity contribution in [1.29, 1.82) is 0 Å². The maximum Gasteiger partial charge on any atom is 0.244 e. The van der Waals surface area contributed by atoms with Crippen LogP contribution in [0.5, 0.6) is 0 Å². The van der Waals surface area contributed by atoms with Crippen LogP contribution in [0.15, 0.2) is 23.8 Å². The molecule has 50 valence electrons. The molecule has 0 radical (unpaired) electrons. The number of hydrazine groups is 1. The molecule has 1 aliphatic heterocycles. The normalized spacial score (nSPS) is 18.3. The van der Waals surface area contributed by atoms with Gasteiger partial charge in [0.25, 0.3) is 0 Å². The van der Waals surface area contributed by atoms with E-state index in [1.165, 1.54) is 0 Å². The van der Waals surface area contributed by atoms with Crippen LogP contribution in [0.3, 0.4) is 0 Å². The van der Waals surface area contributed by atoms with E-state index in [1.807, 2.05) is 5.43 Å². The molecule has 9 heavy (non-hydrogen) atoms. The molecule has 2 N–H and O–H groups in total. The summed E-state index contributed by atoms with van der Waals surface area (Å²) in [6.45, 7) is 0. The van der Waals surface area contributed by atoms with Crippen LogP contribution >= 0.6 is 0 Å². The maximum atomic E-state index is 11.9. The fraction of sp³-hybridized carbons (Fsp3) is 0. The van der Waals surface area contributed by atoms with E-state index >= 15 is 0 Å². The van der Waals surface area contributed by atoms with Crippen molar-refractivity contribution < 1.29 is 13.2 Å². The van der Waals surface area contributed by atoms with Crippen molar-refractivity contribution >= 4 is 0 Å². The predicted molar refractivity (Wildman–Crippen MR) is 24.7 cm³/mol. The van der Waals surface area contributed by atoms with Gasteiger partial charge in [0.15, 0.2) is 5.83 Å². The summed E-state index contributed by atoms with van der Waals surface area (Å²) < 4.78 is 35.7. The van der Waals surface area contributed by atoms with Crippen molar-refractivity contribution in [3.05, 3.63) is 23.8 Å². The summed E-state index contributed by atoms with van der Waals surface area (Å²) in [6, 6.07) is 0. The minimum Gasteiger partial charge on any atom is -0.303 e. The Balaban J connectivity index is 2.88. The van der Waals surface area contributed by atoms with Crippen molar-refractivity contribution in [2.45, 2.75) is 0 Å². The summed E-state index contributed by atoms with van der Waals surface area (Å²) in [5, 5.41) is 0. The number of hydrogen-bond donors (Lipinski definition) is 2. The first kappa shape index (κ1) is 6.00. The van der Waals surface area contributed by atoms with Crippen LogP contribution in [0.1, 0.15) is 0 Å². The number of hydrogen-bond acceptors (Lipinski definition) is 2. The molecule has 2 nitrogen and oxygen atoms in total.